The summed E-state index contributed by atoms with van der Waals surface area (Å²) in [6, 6.07) is 8.52. The van der Waals surface area contributed by atoms with Gasteiger partial charge in [-0.2, -0.15) is 0 Å². The summed E-state index contributed by atoms with van der Waals surface area (Å²) in [7, 11) is 1.49. The van der Waals surface area contributed by atoms with Crippen LogP contribution >= 0.6 is 11.6 Å². The number of rotatable bonds is 10. The first-order chi connectivity index (χ1) is 14.7. The van der Waals surface area contributed by atoms with E-state index in [4.69, 9.17) is 21.1 Å². The Labute approximate surface area is 185 Å². The fourth-order valence-electron chi connectivity index (χ4n) is 3.18. The number of ether oxygens (including phenoxy) is 2. The molecule has 3 N–H and O–H groups in total. The monoisotopic (exact) mass is 452 g/mol. The van der Waals surface area contributed by atoms with Gasteiger partial charge in [-0.15, -0.1) is 0 Å². The maximum absolute atomic E-state index is 14.0. The van der Waals surface area contributed by atoms with Gasteiger partial charge in [0.25, 0.3) is 0 Å². The van der Waals surface area contributed by atoms with E-state index in [0.29, 0.717) is 23.4 Å². The van der Waals surface area contributed by atoms with E-state index in [1.807, 2.05) is 13.8 Å². The predicted octanol–water partition coefficient (Wildman–Crippen LogP) is 5.43. The molecule has 2 atom stereocenters. The van der Waals surface area contributed by atoms with Crippen LogP contribution in [0, 0.1) is 5.82 Å². The van der Waals surface area contributed by atoms with Gasteiger partial charge < -0.3 is 25.2 Å². The fourth-order valence-corrected chi connectivity index (χ4v) is 3.34. The van der Waals surface area contributed by atoms with Gasteiger partial charge in [0.15, 0.2) is 0 Å². The van der Waals surface area contributed by atoms with Crippen LogP contribution in [-0.2, 0) is 14.3 Å². The first-order valence-electron chi connectivity index (χ1n) is 9.74. The predicted molar refractivity (Wildman–Crippen MR) is 117 cm³/mol. The average molecular weight is 453 g/mol. The van der Waals surface area contributed by atoms with Gasteiger partial charge in [-0.25, -0.2) is 9.18 Å². The van der Waals surface area contributed by atoms with Gasteiger partial charge in [0.05, 0.1) is 24.8 Å². The molecule has 9 heteroatoms. The van der Waals surface area contributed by atoms with Crippen LogP contribution in [0.15, 0.2) is 36.4 Å². The third kappa shape index (κ3) is 7.20. The minimum Gasteiger partial charge on any atom is -0.481 e. The van der Waals surface area contributed by atoms with Gasteiger partial charge in [-0.1, -0.05) is 23.7 Å². The number of halogens is 2. The lowest BCUT2D eigenvalue weighted by Gasteiger charge is -2.21. The number of hydrogen-bond donors (Lipinski definition) is 3. The highest BCUT2D eigenvalue weighted by Crippen LogP contribution is 2.31. The van der Waals surface area contributed by atoms with Crippen LogP contribution in [0.25, 0.3) is 0 Å². The van der Waals surface area contributed by atoms with E-state index in [-0.39, 0.29) is 29.8 Å². The molecule has 7 nitrogen and oxygen atoms in total. The van der Waals surface area contributed by atoms with Crippen molar-refractivity contribution in [3.8, 4) is 0 Å². The summed E-state index contributed by atoms with van der Waals surface area (Å²) >= 11 is 5.74. The molecule has 2 aromatic carbocycles. The van der Waals surface area contributed by atoms with Crippen molar-refractivity contribution in [3.63, 3.8) is 0 Å². The molecule has 0 aliphatic heterocycles. The minimum atomic E-state index is -0.959. The normalized spacial score (nSPS) is 12.8. The number of methoxy groups -OCH3 is 1. The first kappa shape index (κ1) is 24.6. The van der Waals surface area contributed by atoms with E-state index in [1.165, 1.54) is 19.2 Å². The lowest BCUT2D eigenvalue weighted by Crippen LogP contribution is -2.22. The molecule has 0 aromatic heterocycles. The van der Waals surface area contributed by atoms with Gasteiger partial charge in [-0.3, -0.25) is 4.79 Å². The number of amides is 2. The molecule has 0 fully saturated rings. The molecule has 0 saturated heterocycles. The number of carboxylic acids is 1. The molecule has 0 spiro atoms. The van der Waals surface area contributed by atoms with Gasteiger partial charge in [0.2, 0.25) is 0 Å². The summed E-state index contributed by atoms with van der Waals surface area (Å²) in [6.45, 7) is 4.37. The minimum absolute atomic E-state index is 0.0272. The Balaban J connectivity index is 2.33. The Kier molecular flexibility index (Phi) is 9.23. The molecule has 2 aromatic rings. The second kappa shape index (κ2) is 11.6. The lowest BCUT2D eigenvalue weighted by molar-refractivity contribution is -0.137. The number of anilines is 2. The smallest absolute Gasteiger partial charge is 0.323 e. The average Bonchev–Trinajstić information content (AvgIpc) is 2.69. The van der Waals surface area contributed by atoms with Gasteiger partial charge in [-0.05, 0) is 43.7 Å². The van der Waals surface area contributed by atoms with Crippen molar-refractivity contribution in [1.29, 1.82) is 0 Å². The molecule has 2 rings (SSSR count). The van der Waals surface area contributed by atoms with Crippen molar-refractivity contribution in [1.82, 2.24) is 0 Å². The Hall–Kier alpha value is -2.68. The molecule has 0 saturated carbocycles. The van der Waals surface area contributed by atoms with E-state index in [2.05, 4.69) is 10.6 Å². The van der Waals surface area contributed by atoms with Gasteiger partial charge in [0, 0.05) is 35.9 Å². The zero-order valence-corrected chi connectivity index (χ0v) is 18.3. The Morgan fingerprint density at radius 1 is 1.16 bits per heavy atom. The number of benzene rings is 2. The van der Waals surface area contributed by atoms with Crippen molar-refractivity contribution in [2.24, 2.45) is 0 Å². The number of nitrogens with one attached hydrogen (secondary N) is 2. The molecule has 0 aliphatic rings. The number of carboxylic acid groups (broad SMARTS) is 1. The fraction of sp³-hybridized carbons (Fsp3) is 0.364. The quantitative estimate of drug-likeness (QED) is 0.447. The summed E-state index contributed by atoms with van der Waals surface area (Å²) in [6.07, 6.45) is -0.461. The van der Waals surface area contributed by atoms with Crippen LogP contribution in [0.3, 0.4) is 0 Å². The highest BCUT2D eigenvalue weighted by Gasteiger charge is 2.20. The van der Waals surface area contributed by atoms with Crippen LogP contribution in [0.2, 0.25) is 5.02 Å². The van der Waals surface area contributed by atoms with Crippen LogP contribution in [-0.4, -0.2) is 37.4 Å². The maximum atomic E-state index is 14.0. The van der Waals surface area contributed by atoms with E-state index >= 15 is 0 Å². The maximum Gasteiger partial charge on any atom is 0.323 e. The zero-order valence-electron chi connectivity index (χ0n) is 17.6. The molecule has 0 unspecified atom stereocenters. The van der Waals surface area contributed by atoms with E-state index in [9.17, 15) is 19.1 Å². The number of urea groups is 1. The second-order valence-electron chi connectivity index (χ2n) is 6.90. The summed E-state index contributed by atoms with van der Waals surface area (Å²) in [5.74, 6) is -2.03. The molecule has 0 radical (unpaired) electrons. The lowest BCUT2D eigenvalue weighted by atomic mass is 9.93. The Bertz CT molecular complexity index is 925. The number of carbonyl (C=O) groups is 2. The van der Waals surface area contributed by atoms with Crippen molar-refractivity contribution < 1.29 is 28.6 Å². The zero-order chi connectivity index (χ0) is 23.0. The van der Waals surface area contributed by atoms with Crippen LogP contribution < -0.4 is 10.6 Å². The second-order valence-corrected chi connectivity index (χ2v) is 7.33. The summed E-state index contributed by atoms with van der Waals surface area (Å²) in [5, 5.41) is 14.6. The third-order valence-electron chi connectivity index (χ3n) is 4.62. The first-order valence-corrected chi connectivity index (χ1v) is 10.1. The highest BCUT2D eigenvalue weighted by atomic mass is 35.5. The Morgan fingerprint density at radius 2 is 1.87 bits per heavy atom. The summed E-state index contributed by atoms with van der Waals surface area (Å²) in [5.41, 5.74) is 1.78. The number of carbonyl (C=O) groups excluding carboxylic acids is 1. The van der Waals surface area contributed by atoms with Crippen molar-refractivity contribution >= 4 is 35.0 Å². The van der Waals surface area contributed by atoms with E-state index in [0.717, 1.165) is 6.07 Å². The molecular weight excluding hydrogens is 427 g/mol. The van der Waals surface area contributed by atoms with E-state index in [1.54, 1.807) is 18.2 Å². The molecule has 0 heterocycles. The standard InChI is InChI=1S/C22H26ClFN2O5/c1-4-31-13(2)17-7-5-14(15(12-30-3)10-21(27)28)9-20(17)26-22(29)25-19-8-6-16(23)11-18(19)24/h5-9,11,13,15H,4,10,12H2,1-3H3,(H,27,28)(H2,25,26,29)/t13-,15-/m1/s1. The topological polar surface area (TPSA) is 96.9 Å². The Morgan fingerprint density at radius 3 is 2.48 bits per heavy atom. The van der Waals surface area contributed by atoms with Gasteiger partial charge >= 0.3 is 12.0 Å². The highest BCUT2D eigenvalue weighted by molar-refractivity contribution is 6.30. The molecule has 168 valence electrons. The SMILES string of the molecule is CCO[C@H](C)c1ccc([C@@H](COC)CC(=O)O)cc1NC(=O)Nc1ccc(Cl)cc1F. The van der Waals surface area contributed by atoms with Crippen LogP contribution in [0.4, 0.5) is 20.6 Å². The molecule has 31 heavy (non-hydrogen) atoms. The molecular formula is C22H26ClFN2O5. The van der Waals surface area contributed by atoms with E-state index < -0.39 is 23.7 Å². The van der Waals surface area contributed by atoms with Gasteiger partial charge in [0.1, 0.15) is 5.82 Å². The molecule has 0 aliphatic carbocycles. The largest absolute Gasteiger partial charge is 0.481 e. The van der Waals surface area contributed by atoms with Crippen LogP contribution in [0.1, 0.15) is 43.4 Å². The van der Waals surface area contributed by atoms with Crippen molar-refractivity contribution in [2.75, 3.05) is 31.0 Å². The van der Waals surface area contributed by atoms with Crippen molar-refractivity contribution in [3.05, 3.63) is 58.4 Å². The number of hydrogen-bond acceptors (Lipinski definition) is 4. The third-order valence-corrected chi connectivity index (χ3v) is 4.85. The number of aliphatic carboxylic acids is 1. The van der Waals surface area contributed by atoms with Crippen LogP contribution in [0.5, 0.6) is 0 Å². The molecule has 2 amide bonds. The van der Waals surface area contributed by atoms with Crippen molar-refractivity contribution in [2.45, 2.75) is 32.3 Å². The summed E-state index contributed by atoms with van der Waals surface area (Å²) < 4.78 is 24.8. The molecule has 0 bridgehead atoms. The summed E-state index contributed by atoms with van der Waals surface area (Å²) in [4.78, 5) is 23.8.